The Kier molecular flexibility index (Phi) is 3.67. The number of sulfone groups is 1. The van der Waals surface area contributed by atoms with Crippen LogP contribution in [0.1, 0.15) is 43.0 Å². The topological polar surface area (TPSA) is 83.9 Å². The Bertz CT molecular complexity index is 814. The molecule has 1 aliphatic carbocycles. The molecule has 1 N–H and O–H groups in total. The van der Waals surface area contributed by atoms with Gasteiger partial charge in [-0.1, -0.05) is 0 Å². The molecule has 2 aliphatic heterocycles. The molecule has 0 atom stereocenters. The molecule has 1 aromatic carbocycles. The van der Waals surface area contributed by atoms with E-state index in [0.717, 1.165) is 25.9 Å². The van der Waals surface area contributed by atoms with Crippen molar-refractivity contribution in [1.82, 2.24) is 0 Å². The van der Waals surface area contributed by atoms with E-state index in [4.69, 9.17) is 4.74 Å². The third kappa shape index (κ3) is 2.64. The minimum absolute atomic E-state index is 0.167. The minimum Gasteiger partial charge on any atom is -0.478 e. The van der Waals surface area contributed by atoms with Gasteiger partial charge in [-0.15, -0.1) is 0 Å². The fraction of sp³-hybridized carbons (Fsp3) is 0.611. The second-order valence-corrected chi connectivity index (χ2v) is 10.4. The van der Waals surface area contributed by atoms with Crippen LogP contribution in [0.2, 0.25) is 0 Å². The first-order chi connectivity index (χ1) is 11.8. The van der Waals surface area contributed by atoms with Gasteiger partial charge >= 0.3 is 5.97 Å². The predicted octanol–water partition coefficient (Wildman–Crippen LogP) is 2.33. The van der Waals surface area contributed by atoms with Crippen LogP contribution in [0.15, 0.2) is 23.1 Å². The maximum atomic E-state index is 12.9. The Morgan fingerprint density at radius 3 is 2.28 bits per heavy atom. The quantitative estimate of drug-likeness (QED) is 0.882. The molecule has 4 rings (SSSR count). The molecule has 3 aliphatic rings. The zero-order valence-electron chi connectivity index (χ0n) is 14.3. The molecule has 136 valence electrons. The van der Waals surface area contributed by atoms with Gasteiger partial charge in [-0.05, 0) is 56.2 Å². The minimum atomic E-state index is -3.56. The van der Waals surface area contributed by atoms with E-state index in [2.05, 4.69) is 0 Å². The number of carbonyl (C=O) groups is 1. The van der Waals surface area contributed by atoms with Gasteiger partial charge in [-0.3, -0.25) is 0 Å². The Labute approximate surface area is 147 Å². The molecule has 1 saturated carbocycles. The van der Waals surface area contributed by atoms with Crippen molar-refractivity contribution >= 4 is 21.5 Å². The van der Waals surface area contributed by atoms with E-state index in [1.54, 1.807) is 13.0 Å². The number of hydrogen-bond acceptors (Lipinski definition) is 5. The summed E-state index contributed by atoms with van der Waals surface area (Å²) >= 11 is 0. The second kappa shape index (κ2) is 5.45. The molecule has 0 bridgehead atoms. The second-order valence-electron chi connectivity index (χ2n) is 7.92. The number of aromatic carboxylic acids is 1. The number of carboxylic acids is 1. The third-order valence-electron chi connectivity index (χ3n) is 6.10. The Balaban J connectivity index is 1.70. The van der Waals surface area contributed by atoms with Crippen molar-refractivity contribution in [2.75, 3.05) is 31.2 Å². The summed E-state index contributed by atoms with van der Waals surface area (Å²) in [5, 5.41) is 9.53. The van der Waals surface area contributed by atoms with E-state index in [9.17, 15) is 18.3 Å². The van der Waals surface area contributed by atoms with Gasteiger partial charge in [-0.2, -0.15) is 0 Å². The molecular weight excluding hydrogens is 342 g/mol. The summed E-state index contributed by atoms with van der Waals surface area (Å²) in [6.07, 6.45) is 4.63. The average molecular weight is 365 g/mol. The van der Waals surface area contributed by atoms with Crippen molar-refractivity contribution in [1.29, 1.82) is 0 Å². The Hall–Kier alpha value is -1.60. The third-order valence-corrected chi connectivity index (χ3v) is 8.50. The molecule has 0 radical (unpaired) electrons. The lowest BCUT2D eigenvalue weighted by molar-refractivity contribution is -0.00490. The number of carboxylic acid groups (broad SMARTS) is 1. The van der Waals surface area contributed by atoms with E-state index in [-0.39, 0.29) is 23.7 Å². The highest BCUT2D eigenvalue weighted by molar-refractivity contribution is 7.93. The predicted molar refractivity (Wildman–Crippen MR) is 92.9 cm³/mol. The molecule has 1 aromatic rings. The molecule has 0 amide bonds. The van der Waals surface area contributed by atoms with Crippen molar-refractivity contribution in [3.05, 3.63) is 23.8 Å². The van der Waals surface area contributed by atoms with Crippen molar-refractivity contribution < 1.29 is 23.1 Å². The van der Waals surface area contributed by atoms with E-state index < -0.39 is 20.6 Å². The molecule has 6 nitrogen and oxygen atoms in total. The van der Waals surface area contributed by atoms with Crippen LogP contribution in [-0.4, -0.2) is 50.5 Å². The Morgan fingerprint density at radius 1 is 1.16 bits per heavy atom. The van der Waals surface area contributed by atoms with Crippen molar-refractivity contribution in [2.45, 2.75) is 42.2 Å². The van der Waals surface area contributed by atoms with E-state index in [1.165, 1.54) is 25.0 Å². The van der Waals surface area contributed by atoms with Crippen LogP contribution in [0.25, 0.3) is 0 Å². The van der Waals surface area contributed by atoms with Gasteiger partial charge in [0.1, 0.15) is 4.75 Å². The van der Waals surface area contributed by atoms with Crippen molar-refractivity contribution in [3.63, 3.8) is 0 Å². The van der Waals surface area contributed by atoms with E-state index in [0.29, 0.717) is 11.1 Å². The maximum Gasteiger partial charge on any atom is 0.337 e. The van der Waals surface area contributed by atoms with Crippen LogP contribution in [0.4, 0.5) is 5.69 Å². The number of benzene rings is 1. The summed E-state index contributed by atoms with van der Waals surface area (Å²) in [5.74, 6) is -1.02. The zero-order chi connectivity index (χ0) is 17.9. The van der Waals surface area contributed by atoms with Gasteiger partial charge in [0.2, 0.25) is 0 Å². The molecule has 0 aromatic heterocycles. The Morgan fingerprint density at radius 2 is 1.80 bits per heavy atom. The molecule has 2 saturated heterocycles. The van der Waals surface area contributed by atoms with Gasteiger partial charge in [0, 0.05) is 13.1 Å². The number of nitrogens with zero attached hydrogens (tertiary/aromatic N) is 1. The molecule has 0 unspecified atom stereocenters. The normalized spacial score (nSPS) is 24.0. The van der Waals surface area contributed by atoms with Gasteiger partial charge in [0.05, 0.1) is 29.4 Å². The lowest BCUT2D eigenvalue weighted by atomic mass is 9.93. The molecule has 25 heavy (non-hydrogen) atoms. The first-order valence-electron chi connectivity index (χ1n) is 8.71. The highest BCUT2D eigenvalue weighted by Gasteiger charge is 2.48. The van der Waals surface area contributed by atoms with Crippen LogP contribution in [0, 0.1) is 5.41 Å². The standard InChI is InChI=1S/C18H23NO5S/c1-17(11-24-12-17)25(22,23)13-2-3-14(16(20)21)15(10-13)19-8-6-18(4-5-18)7-9-19/h2-3,10H,4-9,11-12H2,1H3,(H,20,21). The largest absolute Gasteiger partial charge is 0.478 e. The van der Waals surface area contributed by atoms with Crippen LogP contribution >= 0.6 is 0 Å². The molecule has 2 heterocycles. The molecule has 7 heteroatoms. The molecule has 1 spiro atoms. The first kappa shape index (κ1) is 16.8. The average Bonchev–Trinajstić information content (AvgIpc) is 3.31. The number of hydrogen-bond donors (Lipinski definition) is 1. The SMILES string of the molecule is CC1(S(=O)(=O)c2ccc(C(=O)O)c(N3CCC4(CC3)CC4)c2)COC1. The maximum absolute atomic E-state index is 12.9. The van der Waals surface area contributed by atoms with Crippen molar-refractivity contribution in [2.24, 2.45) is 5.41 Å². The van der Waals surface area contributed by atoms with Gasteiger partial charge < -0.3 is 14.7 Å². The van der Waals surface area contributed by atoms with Gasteiger partial charge in [0.15, 0.2) is 9.84 Å². The molecule has 3 fully saturated rings. The van der Waals surface area contributed by atoms with Crippen LogP contribution in [-0.2, 0) is 14.6 Å². The van der Waals surface area contributed by atoms with Gasteiger partial charge in [0.25, 0.3) is 0 Å². The van der Waals surface area contributed by atoms with Gasteiger partial charge in [-0.25, -0.2) is 13.2 Å². The van der Waals surface area contributed by atoms with Crippen LogP contribution in [0.3, 0.4) is 0 Å². The van der Waals surface area contributed by atoms with E-state index in [1.807, 2.05) is 4.90 Å². The number of rotatable bonds is 4. The summed E-state index contributed by atoms with van der Waals surface area (Å²) in [6, 6.07) is 4.39. The van der Waals surface area contributed by atoms with Crippen LogP contribution < -0.4 is 4.90 Å². The monoisotopic (exact) mass is 365 g/mol. The first-order valence-corrected chi connectivity index (χ1v) is 10.2. The van der Waals surface area contributed by atoms with Crippen molar-refractivity contribution in [3.8, 4) is 0 Å². The fourth-order valence-electron chi connectivity index (χ4n) is 3.85. The summed E-state index contributed by atoms with van der Waals surface area (Å²) in [6.45, 7) is 3.60. The summed E-state index contributed by atoms with van der Waals surface area (Å²) in [5.41, 5.74) is 1.16. The highest BCUT2D eigenvalue weighted by Crippen LogP contribution is 2.54. The number of ether oxygens (including phenoxy) is 1. The number of anilines is 1. The lowest BCUT2D eigenvalue weighted by Gasteiger charge is -2.38. The zero-order valence-corrected chi connectivity index (χ0v) is 15.1. The van der Waals surface area contributed by atoms with E-state index >= 15 is 0 Å². The molecular formula is C18H23NO5S. The summed E-state index contributed by atoms with van der Waals surface area (Å²) in [4.78, 5) is 13.9. The summed E-state index contributed by atoms with van der Waals surface area (Å²) in [7, 11) is -3.56. The van der Waals surface area contributed by atoms with Crippen LogP contribution in [0.5, 0.6) is 0 Å². The number of piperidine rings is 1. The fourth-order valence-corrected chi connectivity index (χ4v) is 5.41. The lowest BCUT2D eigenvalue weighted by Crippen LogP contribution is -2.53. The summed E-state index contributed by atoms with van der Waals surface area (Å²) < 4.78 is 30.0. The highest BCUT2D eigenvalue weighted by atomic mass is 32.2. The smallest absolute Gasteiger partial charge is 0.337 e.